The third kappa shape index (κ3) is 5.48. The van der Waals surface area contributed by atoms with Gasteiger partial charge in [0.2, 0.25) is 5.89 Å². The minimum absolute atomic E-state index is 0.0817. The molecule has 0 spiro atoms. The van der Waals surface area contributed by atoms with Gasteiger partial charge in [0.15, 0.2) is 12.4 Å². The standard InChI is InChI=1S/C20H26F2N4O3/c1-11-24-17(26-29-11)16(19(2,3)4)25-18(27)14-8-15(28-10-20(5,21)22)13(9-23-14)12-6-7-12/h8-9,12,16H,6-7,10H2,1-5H3,(H,25,27). The third-order valence-electron chi connectivity index (χ3n) is 4.57. The number of aromatic nitrogens is 3. The Balaban J connectivity index is 1.83. The van der Waals surface area contributed by atoms with Crippen molar-refractivity contribution in [1.82, 2.24) is 20.4 Å². The van der Waals surface area contributed by atoms with E-state index in [1.165, 1.54) is 6.07 Å². The number of nitrogens with one attached hydrogen (secondary N) is 1. The lowest BCUT2D eigenvalue weighted by Crippen LogP contribution is -2.37. The van der Waals surface area contributed by atoms with Gasteiger partial charge in [-0.15, -0.1) is 0 Å². The molecule has 0 saturated heterocycles. The van der Waals surface area contributed by atoms with Crippen LogP contribution in [0.25, 0.3) is 0 Å². The molecular formula is C20H26F2N4O3. The van der Waals surface area contributed by atoms with E-state index in [4.69, 9.17) is 9.26 Å². The van der Waals surface area contributed by atoms with Gasteiger partial charge in [0, 0.05) is 31.7 Å². The maximum Gasteiger partial charge on any atom is 0.278 e. The van der Waals surface area contributed by atoms with Gasteiger partial charge in [-0.25, -0.2) is 8.78 Å². The summed E-state index contributed by atoms with van der Waals surface area (Å²) >= 11 is 0. The summed E-state index contributed by atoms with van der Waals surface area (Å²) in [6.07, 6.45) is 3.45. The van der Waals surface area contributed by atoms with Gasteiger partial charge in [-0.3, -0.25) is 9.78 Å². The molecule has 1 N–H and O–H groups in total. The number of carbonyl (C=O) groups excluding carboxylic acids is 1. The molecule has 29 heavy (non-hydrogen) atoms. The van der Waals surface area contributed by atoms with Gasteiger partial charge in [-0.05, 0) is 24.2 Å². The summed E-state index contributed by atoms with van der Waals surface area (Å²) in [5, 5.41) is 6.80. The molecule has 2 aromatic heterocycles. The van der Waals surface area contributed by atoms with Crippen LogP contribution in [0.2, 0.25) is 0 Å². The van der Waals surface area contributed by atoms with Crippen molar-refractivity contribution in [3.8, 4) is 5.75 Å². The molecule has 1 atom stereocenters. The molecule has 1 unspecified atom stereocenters. The van der Waals surface area contributed by atoms with Crippen molar-refractivity contribution in [2.24, 2.45) is 5.41 Å². The summed E-state index contributed by atoms with van der Waals surface area (Å²) in [5.41, 5.74) is 0.439. The van der Waals surface area contributed by atoms with Gasteiger partial charge < -0.3 is 14.6 Å². The first-order chi connectivity index (χ1) is 13.4. The second-order valence-electron chi connectivity index (χ2n) is 8.68. The van der Waals surface area contributed by atoms with Gasteiger partial charge in [0.25, 0.3) is 11.8 Å². The topological polar surface area (TPSA) is 90.1 Å². The average Bonchev–Trinajstić information content (AvgIpc) is 3.37. The lowest BCUT2D eigenvalue weighted by molar-refractivity contribution is -0.0232. The monoisotopic (exact) mass is 408 g/mol. The zero-order valence-electron chi connectivity index (χ0n) is 17.3. The summed E-state index contributed by atoms with van der Waals surface area (Å²) in [5.74, 6) is -2.17. The normalized spacial score (nSPS) is 15.8. The van der Waals surface area contributed by atoms with Gasteiger partial charge >= 0.3 is 0 Å². The van der Waals surface area contributed by atoms with Gasteiger partial charge in [0.05, 0.1) is 6.04 Å². The molecule has 9 heteroatoms. The molecule has 3 rings (SSSR count). The van der Waals surface area contributed by atoms with E-state index < -0.39 is 29.9 Å². The van der Waals surface area contributed by atoms with Crippen molar-refractivity contribution >= 4 is 5.91 Å². The van der Waals surface area contributed by atoms with E-state index in [-0.39, 0.29) is 17.4 Å². The quantitative estimate of drug-likeness (QED) is 0.738. The van der Waals surface area contributed by atoms with Crippen LogP contribution in [0.3, 0.4) is 0 Å². The highest BCUT2D eigenvalue weighted by Gasteiger charge is 2.34. The number of aryl methyl sites for hydroxylation is 1. The van der Waals surface area contributed by atoms with Gasteiger partial charge in [-0.1, -0.05) is 25.9 Å². The highest BCUT2D eigenvalue weighted by molar-refractivity contribution is 5.93. The number of nitrogens with zero attached hydrogens (tertiary/aromatic N) is 3. The summed E-state index contributed by atoms with van der Waals surface area (Å²) < 4.78 is 36.9. The molecular weight excluding hydrogens is 382 g/mol. The van der Waals surface area contributed by atoms with E-state index in [1.807, 2.05) is 20.8 Å². The Morgan fingerprint density at radius 2 is 2.03 bits per heavy atom. The molecule has 1 aliphatic rings. The molecule has 0 aliphatic heterocycles. The van der Waals surface area contributed by atoms with Crippen LogP contribution < -0.4 is 10.1 Å². The van der Waals surface area contributed by atoms with Crippen LogP contribution >= 0.6 is 0 Å². The molecule has 158 valence electrons. The van der Waals surface area contributed by atoms with Crippen LogP contribution in [0.15, 0.2) is 16.8 Å². The van der Waals surface area contributed by atoms with Crippen molar-refractivity contribution in [3.05, 3.63) is 35.2 Å². The largest absolute Gasteiger partial charge is 0.487 e. The molecule has 0 aromatic carbocycles. The number of hydrogen-bond acceptors (Lipinski definition) is 6. The maximum atomic E-state index is 13.3. The second-order valence-corrected chi connectivity index (χ2v) is 8.68. The molecule has 2 heterocycles. The van der Waals surface area contributed by atoms with Crippen LogP contribution in [0.1, 0.15) is 80.3 Å². The molecule has 1 fully saturated rings. The third-order valence-corrected chi connectivity index (χ3v) is 4.57. The van der Waals surface area contributed by atoms with Crippen LogP contribution in [0.4, 0.5) is 8.78 Å². The van der Waals surface area contributed by atoms with Gasteiger partial charge in [0.1, 0.15) is 11.4 Å². The number of amides is 1. The molecule has 0 bridgehead atoms. The predicted molar refractivity (Wildman–Crippen MR) is 101 cm³/mol. The Hall–Kier alpha value is -2.58. The second kappa shape index (κ2) is 7.68. The Morgan fingerprint density at radius 1 is 1.34 bits per heavy atom. The highest BCUT2D eigenvalue weighted by Crippen LogP contribution is 2.44. The summed E-state index contributed by atoms with van der Waals surface area (Å²) in [7, 11) is 0. The van der Waals surface area contributed by atoms with E-state index in [0.29, 0.717) is 11.7 Å². The molecule has 1 saturated carbocycles. The van der Waals surface area contributed by atoms with E-state index >= 15 is 0 Å². The number of rotatable bonds is 7. The molecule has 1 aliphatic carbocycles. The Bertz CT molecular complexity index is 883. The summed E-state index contributed by atoms with van der Waals surface area (Å²) in [6.45, 7) is 7.51. The zero-order chi connectivity index (χ0) is 21.4. The lowest BCUT2D eigenvalue weighted by Gasteiger charge is -2.28. The fourth-order valence-electron chi connectivity index (χ4n) is 2.91. The lowest BCUT2D eigenvalue weighted by atomic mass is 9.86. The smallest absolute Gasteiger partial charge is 0.278 e. The maximum absolute atomic E-state index is 13.3. The zero-order valence-corrected chi connectivity index (χ0v) is 17.3. The Kier molecular flexibility index (Phi) is 5.60. The number of pyridine rings is 1. The molecule has 7 nitrogen and oxygen atoms in total. The summed E-state index contributed by atoms with van der Waals surface area (Å²) in [4.78, 5) is 21.3. The average molecular weight is 408 g/mol. The van der Waals surface area contributed by atoms with Crippen LogP contribution in [0.5, 0.6) is 5.75 Å². The number of halogens is 2. The Morgan fingerprint density at radius 3 is 2.55 bits per heavy atom. The minimum atomic E-state index is -2.97. The predicted octanol–water partition coefficient (Wildman–Crippen LogP) is 4.20. The van der Waals surface area contributed by atoms with Crippen molar-refractivity contribution in [2.75, 3.05) is 6.61 Å². The molecule has 1 amide bonds. The number of ether oxygens (including phenoxy) is 1. The van der Waals surface area contributed by atoms with E-state index in [2.05, 4.69) is 20.4 Å². The van der Waals surface area contributed by atoms with E-state index in [0.717, 1.165) is 25.3 Å². The highest BCUT2D eigenvalue weighted by atomic mass is 19.3. The molecule has 0 radical (unpaired) electrons. The van der Waals surface area contributed by atoms with Crippen molar-refractivity contribution in [2.45, 2.75) is 65.3 Å². The van der Waals surface area contributed by atoms with Gasteiger partial charge in [-0.2, -0.15) is 4.98 Å². The van der Waals surface area contributed by atoms with Crippen molar-refractivity contribution in [1.29, 1.82) is 0 Å². The minimum Gasteiger partial charge on any atom is -0.487 e. The van der Waals surface area contributed by atoms with Crippen molar-refractivity contribution in [3.63, 3.8) is 0 Å². The summed E-state index contributed by atoms with van der Waals surface area (Å²) in [6, 6.07) is 0.900. The number of hydrogen-bond donors (Lipinski definition) is 1. The Labute approximate surface area is 168 Å². The fourth-order valence-corrected chi connectivity index (χ4v) is 2.91. The van der Waals surface area contributed by atoms with Crippen molar-refractivity contribution < 1.29 is 22.8 Å². The van der Waals surface area contributed by atoms with Crippen LogP contribution in [-0.4, -0.2) is 33.6 Å². The SMILES string of the molecule is Cc1nc(C(NC(=O)c2cc(OCC(C)(F)F)c(C3CC3)cn2)C(C)(C)C)no1. The number of carbonyl (C=O) groups is 1. The number of alkyl halides is 2. The first-order valence-corrected chi connectivity index (χ1v) is 9.55. The van der Waals surface area contributed by atoms with Crippen LogP contribution in [-0.2, 0) is 0 Å². The van der Waals surface area contributed by atoms with E-state index in [1.54, 1.807) is 13.1 Å². The van der Waals surface area contributed by atoms with E-state index in [9.17, 15) is 13.6 Å². The fraction of sp³-hybridized carbons (Fsp3) is 0.600. The van der Waals surface area contributed by atoms with Crippen LogP contribution in [0, 0.1) is 12.3 Å². The molecule has 2 aromatic rings. The first kappa shape index (κ1) is 21.1. The first-order valence-electron chi connectivity index (χ1n) is 9.55.